The number of aliphatic carboxylic acids is 1. The van der Waals surface area contributed by atoms with E-state index in [9.17, 15) is 19.7 Å². The standard InChI is InChI=1S/C15H20N2O6/c1-9(2)12(13(18)19)16-14(20)15(3,4)23-11-7-5-6-10(8-11)17(21)22/h5-9,12H,1-4H3,(H,16,20)(H,18,19). The lowest BCUT2D eigenvalue weighted by molar-refractivity contribution is -0.385. The summed E-state index contributed by atoms with van der Waals surface area (Å²) in [5.41, 5.74) is -1.55. The van der Waals surface area contributed by atoms with Crippen LogP contribution in [-0.2, 0) is 9.59 Å². The molecule has 8 heteroatoms. The fourth-order valence-electron chi connectivity index (χ4n) is 1.83. The molecule has 0 aliphatic rings. The predicted molar refractivity (Wildman–Crippen MR) is 82.2 cm³/mol. The molecule has 0 fully saturated rings. The van der Waals surface area contributed by atoms with E-state index < -0.39 is 28.4 Å². The summed E-state index contributed by atoms with van der Waals surface area (Å²) in [5.74, 6) is -1.91. The van der Waals surface area contributed by atoms with Crippen LogP contribution in [0.3, 0.4) is 0 Å². The second kappa shape index (κ2) is 7.08. The van der Waals surface area contributed by atoms with Crippen LogP contribution in [0, 0.1) is 16.0 Å². The number of nitrogens with one attached hydrogen (secondary N) is 1. The number of hydrogen-bond acceptors (Lipinski definition) is 5. The highest BCUT2D eigenvalue weighted by Gasteiger charge is 2.34. The highest BCUT2D eigenvalue weighted by atomic mass is 16.6. The third-order valence-corrected chi connectivity index (χ3v) is 3.17. The van der Waals surface area contributed by atoms with Gasteiger partial charge in [0.15, 0.2) is 5.60 Å². The van der Waals surface area contributed by atoms with Crippen molar-refractivity contribution in [2.45, 2.75) is 39.3 Å². The first-order chi connectivity index (χ1) is 10.5. The normalized spacial score (nSPS) is 12.6. The van der Waals surface area contributed by atoms with Gasteiger partial charge in [-0.2, -0.15) is 0 Å². The van der Waals surface area contributed by atoms with Crippen molar-refractivity contribution in [1.29, 1.82) is 0 Å². The van der Waals surface area contributed by atoms with E-state index in [-0.39, 0.29) is 17.4 Å². The molecule has 0 radical (unpaired) electrons. The van der Waals surface area contributed by atoms with Crippen LogP contribution >= 0.6 is 0 Å². The quantitative estimate of drug-likeness (QED) is 0.584. The number of carboxylic acids is 1. The summed E-state index contributed by atoms with van der Waals surface area (Å²) in [6.45, 7) is 6.27. The smallest absolute Gasteiger partial charge is 0.326 e. The largest absolute Gasteiger partial charge is 0.480 e. The summed E-state index contributed by atoms with van der Waals surface area (Å²) in [6.07, 6.45) is 0. The molecular weight excluding hydrogens is 304 g/mol. The number of nitro groups is 1. The van der Waals surface area contributed by atoms with Crippen LogP contribution < -0.4 is 10.1 Å². The molecule has 2 N–H and O–H groups in total. The molecule has 1 aromatic rings. The number of nitro benzene ring substituents is 1. The molecule has 0 aromatic heterocycles. The Labute approximate surface area is 133 Å². The van der Waals surface area contributed by atoms with E-state index in [1.54, 1.807) is 13.8 Å². The summed E-state index contributed by atoms with van der Waals surface area (Å²) in [5, 5.41) is 22.3. The van der Waals surface area contributed by atoms with Crippen molar-refractivity contribution in [1.82, 2.24) is 5.32 Å². The number of nitrogens with zero attached hydrogens (tertiary/aromatic N) is 1. The number of hydrogen-bond donors (Lipinski definition) is 2. The van der Waals surface area contributed by atoms with Gasteiger partial charge in [-0.3, -0.25) is 14.9 Å². The Bertz CT molecular complexity index is 612. The van der Waals surface area contributed by atoms with Crippen LogP contribution in [0.2, 0.25) is 0 Å². The molecule has 1 rings (SSSR count). The molecule has 0 saturated carbocycles. The number of rotatable bonds is 7. The number of carboxylic acid groups (broad SMARTS) is 1. The highest BCUT2D eigenvalue weighted by Crippen LogP contribution is 2.23. The Hall–Kier alpha value is -2.64. The highest BCUT2D eigenvalue weighted by molar-refractivity contribution is 5.89. The average molecular weight is 324 g/mol. The minimum Gasteiger partial charge on any atom is -0.480 e. The maximum atomic E-state index is 12.3. The van der Waals surface area contributed by atoms with Gasteiger partial charge in [0.2, 0.25) is 0 Å². The second-order valence-electron chi connectivity index (χ2n) is 5.90. The number of ether oxygens (including phenoxy) is 1. The number of non-ortho nitro benzene ring substituents is 1. The fourth-order valence-corrected chi connectivity index (χ4v) is 1.83. The van der Waals surface area contributed by atoms with Crippen molar-refractivity contribution < 1.29 is 24.4 Å². The van der Waals surface area contributed by atoms with Gasteiger partial charge in [-0.05, 0) is 25.8 Å². The van der Waals surface area contributed by atoms with Crippen molar-refractivity contribution in [2.24, 2.45) is 5.92 Å². The zero-order chi connectivity index (χ0) is 17.8. The molecule has 0 bridgehead atoms. The average Bonchev–Trinajstić information content (AvgIpc) is 2.43. The molecule has 8 nitrogen and oxygen atoms in total. The van der Waals surface area contributed by atoms with Crippen molar-refractivity contribution in [3.8, 4) is 5.75 Å². The lowest BCUT2D eigenvalue weighted by atomic mass is 10.0. The second-order valence-corrected chi connectivity index (χ2v) is 5.90. The Balaban J connectivity index is 2.89. The molecular formula is C15H20N2O6. The number of benzene rings is 1. The summed E-state index contributed by atoms with van der Waals surface area (Å²) in [7, 11) is 0. The Morgan fingerprint density at radius 2 is 1.96 bits per heavy atom. The summed E-state index contributed by atoms with van der Waals surface area (Å²) < 4.78 is 5.51. The van der Waals surface area contributed by atoms with Crippen LogP contribution in [-0.4, -0.2) is 33.5 Å². The lowest BCUT2D eigenvalue weighted by Crippen LogP contribution is -2.53. The first kappa shape index (κ1) is 18.4. The molecule has 1 aromatic carbocycles. The molecule has 1 amide bonds. The molecule has 0 spiro atoms. The van der Waals surface area contributed by atoms with Crippen molar-refractivity contribution in [2.75, 3.05) is 0 Å². The first-order valence-corrected chi connectivity index (χ1v) is 7.02. The number of amides is 1. The number of carbonyl (C=O) groups is 2. The SMILES string of the molecule is CC(C)C(NC(=O)C(C)(C)Oc1cccc([N+](=O)[O-])c1)C(=O)O. The van der Waals surface area contributed by atoms with Gasteiger partial charge < -0.3 is 15.2 Å². The van der Waals surface area contributed by atoms with Crippen LogP contribution in [0.4, 0.5) is 5.69 Å². The predicted octanol–water partition coefficient (Wildman–Crippen LogP) is 1.98. The Morgan fingerprint density at radius 3 is 2.43 bits per heavy atom. The van der Waals surface area contributed by atoms with E-state index in [0.717, 1.165) is 0 Å². The molecule has 1 unspecified atom stereocenters. The van der Waals surface area contributed by atoms with Crippen molar-refractivity contribution in [3.05, 3.63) is 34.4 Å². The molecule has 1 atom stereocenters. The lowest BCUT2D eigenvalue weighted by Gasteiger charge is -2.28. The maximum Gasteiger partial charge on any atom is 0.326 e. The van der Waals surface area contributed by atoms with Gasteiger partial charge in [-0.15, -0.1) is 0 Å². The van der Waals surface area contributed by atoms with Crippen LogP contribution in [0.1, 0.15) is 27.7 Å². The van der Waals surface area contributed by atoms with Crippen molar-refractivity contribution in [3.63, 3.8) is 0 Å². The van der Waals surface area contributed by atoms with E-state index in [1.807, 2.05) is 0 Å². The molecule has 23 heavy (non-hydrogen) atoms. The van der Waals surface area contributed by atoms with Crippen LogP contribution in [0.25, 0.3) is 0 Å². The van der Waals surface area contributed by atoms with E-state index in [2.05, 4.69) is 5.32 Å². The molecule has 0 saturated heterocycles. The molecule has 0 aliphatic heterocycles. The van der Waals surface area contributed by atoms with Gasteiger partial charge in [-0.1, -0.05) is 19.9 Å². The molecule has 0 aliphatic carbocycles. The van der Waals surface area contributed by atoms with Gasteiger partial charge >= 0.3 is 5.97 Å². The van der Waals surface area contributed by atoms with E-state index in [0.29, 0.717) is 0 Å². The Kier molecular flexibility index (Phi) is 5.67. The number of carbonyl (C=O) groups excluding carboxylic acids is 1. The first-order valence-electron chi connectivity index (χ1n) is 7.02. The monoisotopic (exact) mass is 324 g/mol. The van der Waals surface area contributed by atoms with Gasteiger partial charge in [0.1, 0.15) is 11.8 Å². The zero-order valence-electron chi connectivity index (χ0n) is 13.4. The minimum absolute atomic E-state index is 0.149. The van der Waals surface area contributed by atoms with Crippen LogP contribution in [0.5, 0.6) is 5.75 Å². The van der Waals surface area contributed by atoms with Crippen molar-refractivity contribution >= 4 is 17.6 Å². The van der Waals surface area contributed by atoms with E-state index >= 15 is 0 Å². The summed E-state index contributed by atoms with van der Waals surface area (Å²) in [4.78, 5) is 33.6. The third kappa shape index (κ3) is 4.94. The Morgan fingerprint density at radius 1 is 1.35 bits per heavy atom. The van der Waals surface area contributed by atoms with Gasteiger partial charge in [-0.25, -0.2) is 4.79 Å². The minimum atomic E-state index is -1.39. The zero-order valence-corrected chi connectivity index (χ0v) is 13.4. The topological polar surface area (TPSA) is 119 Å². The van der Waals surface area contributed by atoms with E-state index in [1.165, 1.54) is 38.1 Å². The van der Waals surface area contributed by atoms with Gasteiger partial charge in [0, 0.05) is 6.07 Å². The van der Waals surface area contributed by atoms with Gasteiger partial charge in [0.05, 0.1) is 11.0 Å². The molecule has 126 valence electrons. The van der Waals surface area contributed by atoms with Gasteiger partial charge in [0.25, 0.3) is 11.6 Å². The fraction of sp³-hybridized carbons (Fsp3) is 0.467. The van der Waals surface area contributed by atoms with E-state index in [4.69, 9.17) is 9.84 Å². The maximum absolute atomic E-state index is 12.3. The third-order valence-electron chi connectivity index (χ3n) is 3.17. The summed E-state index contributed by atoms with van der Waals surface area (Å²) >= 11 is 0. The van der Waals surface area contributed by atoms with Crippen LogP contribution in [0.15, 0.2) is 24.3 Å². The molecule has 0 heterocycles. The summed E-state index contributed by atoms with van der Waals surface area (Å²) in [6, 6.07) is 4.38.